The van der Waals surface area contributed by atoms with Gasteiger partial charge in [-0.05, 0) is 80.8 Å². The van der Waals surface area contributed by atoms with E-state index in [0.717, 1.165) is 63.2 Å². The summed E-state index contributed by atoms with van der Waals surface area (Å²) in [5.41, 5.74) is 1.64. The van der Waals surface area contributed by atoms with Gasteiger partial charge in [-0.2, -0.15) is 0 Å². The largest absolute Gasteiger partial charge is 0.449 e. The van der Waals surface area contributed by atoms with E-state index in [1.807, 2.05) is 9.80 Å². The number of carbonyl (C=O) groups is 2. The molecule has 0 bridgehead atoms. The normalized spacial score (nSPS) is 24.3. The minimum Gasteiger partial charge on any atom is -0.449 e. The SMILES string of the molecule is CN(C)C(=O)N1CC2(CCN(C[C@@H]3CCN(C(=O)OCC4CC4)C3)CC2)c2cc(F)ccc21.[HH]. The van der Waals surface area contributed by atoms with Gasteiger partial charge in [0.05, 0.1) is 6.61 Å². The van der Waals surface area contributed by atoms with Crippen LogP contribution in [0.5, 0.6) is 0 Å². The number of ether oxygens (including phenoxy) is 1. The van der Waals surface area contributed by atoms with Crippen molar-refractivity contribution in [3.05, 3.63) is 29.6 Å². The van der Waals surface area contributed by atoms with Gasteiger partial charge >= 0.3 is 12.1 Å². The smallest absolute Gasteiger partial charge is 0.409 e. The molecule has 0 N–H and O–H groups in total. The molecule has 0 unspecified atom stereocenters. The van der Waals surface area contributed by atoms with E-state index >= 15 is 0 Å². The first kappa shape index (κ1) is 22.4. The van der Waals surface area contributed by atoms with Crippen LogP contribution in [-0.4, -0.2) is 86.8 Å². The Hall–Kier alpha value is -2.35. The summed E-state index contributed by atoms with van der Waals surface area (Å²) in [7, 11) is 3.51. The van der Waals surface area contributed by atoms with Gasteiger partial charge in [0.2, 0.25) is 0 Å². The van der Waals surface area contributed by atoms with E-state index in [2.05, 4.69) is 4.90 Å². The zero-order valence-corrected chi connectivity index (χ0v) is 19.8. The Labute approximate surface area is 196 Å². The molecule has 33 heavy (non-hydrogen) atoms. The fraction of sp³-hybridized carbons (Fsp3) is 0.680. The summed E-state index contributed by atoms with van der Waals surface area (Å²) in [4.78, 5) is 32.8. The Morgan fingerprint density at radius 2 is 1.91 bits per heavy atom. The van der Waals surface area contributed by atoms with Crippen molar-refractivity contribution < 1.29 is 20.1 Å². The number of urea groups is 1. The zero-order chi connectivity index (χ0) is 23.2. The molecule has 1 spiro atoms. The Morgan fingerprint density at radius 1 is 1.15 bits per heavy atom. The second-order valence-corrected chi connectivity index (χ2v) is 10.6. The number of amides is 3. The molecule has 3 amide bonds. The van der Waals surface area contributed by atoms with Gasteiger partial charge in [-0.15, -0.1) is 0 Å². The summed E-state index contributed by atoms with van der Waals surface area (Å²) in [6.07, 6.45) is 5.03. The number of halogens is 1. The lowest BCUT2D eigenvalue weighted by molar-refractivity contribution is 0.102. The van der Waals surface area contributed by atoms with E-state index in [1.165, 1.54) is 18.9 Å². The number of likely N-dealkylation sites (tertiary alicyclic amines) is 2. The highest BCUT2D eigenvalue weighted by atomic mass is 19.1. The molecule has 1 atom stereocenters. The van der Waals surface area contributed by atoms with Crippen molar-refractivity contribution >= 4 is 17.8 Å². The summed E-state index contributed by atoms with van der Waals surface area (Å²) < 4.78 is 19.6. The molecule has 1 saturated carbocycles. The molecule has 1 aliphatic carbocycles. The van der Waals surface area contributed by atoms with E-state index in [1.54, 1.807) is 31.1 Å². The van der Waals surface area contributed by atoms with Crippen molar-refractivity contribution in [1.82, 2.24) is 14.7 Å². The Bertz CT molecular complexity index is 917. The molecule has 3 fully saturated rings. The molecular weight excluding hydrogens is 423 g/mol. The average molecular weight is 461 g/mol. The molecule has 0 radical (unpaired) electrons. The second kappa shape index (κ2) is 8.78. The summed E-state index contributed by atoms with van der Waals surface area (Å²) in [6.45, 7) is 5.54. The number of piperidine rings is 1. The molecule has 8 heteroatoms. The number of rotatable bonds is 4. The van der Waals surface area contributed by atoms with Crippen molar-refractivity contribution in [2.45, 2.75) is 37.5 Å². The highest BCUT2D eigenvalue weighted by Gasteiger charge is 2.47. The number of fused-ring (bicyclic) bond motifs is 2. The summed E-state index contributed by atoms with van der Waals surface area (Å²) in [6, 6.07) is 4.78. The van der Waals surface area contributed by atoms with E-state index in [-0.39, 0.29) is 24.8 Å². The van der Waals surface area contributed by atoms with Crippen LogP contribution in [0.2, 0.25) is 0 Å². The lowest BCUT2D eigenvalue weighted by atomic mass is 9.74. The van der Waals surface area contributed by atoms with Crippen LogP contribution in [0.1, 0.15) is 39.1 Å². The van der Waals surface area contributed by atoms with Crippen LogP contribution >= 0.6 is 0 Å². The first-order valence-corrected chi connectivity index (χ1v) is 12.3. The molecule has 0 aromatic heterocycles. The molecule has 2 saturated heterocycles. The number of hydrogen-bond donors (Lipinski definition) is 0. The van der Waals surface area contributed by atoms with Crippen LogP contribution in [0.3, 0.4) is 0 Å². The number of hydrogen-bond acceptors (Lipinski definition) is 4. The monoisotopic (exact) mass is 460 g/mol. The van der Waals surface area contributed by atoms with Gasteiger partial charge in [-0.25, -0.2) is 14.0 Å². The maximum absolute atomic E-state index is 14.2. The van der Waals surface area contributed by atoms with Gasteiger partial charge in [-0.3, -0.25) is 4.90 Å². The second-order valence-electron chi connectivity index (χ2n) is 10.6. The van der Waals surface area contributed by atoms with Crippen molar-refractivity contribution in [3.8, 4) is 0 Å². The molecule has 182 valence electrons. The number of nitrogens with zero attached hydrogens (tertiary/aromatic N) is 4. The third-order valence-corrected chi connectivity index (χ3v) is 7.91. The topological polar surface area (TPSA) is 56.3 Å². The molecule has 1 aromatic rings. The van der Waals surface area contributed by atoms with E-state index in [4.69, 9.17) is 4.74 Å². The summed E-state index contributed by atoms with van der Waals surface area (Å²) >= 11 is 0. The van der Waals surface area contributed by atoms with Crippen LogP contribution in [0.4, 0.5) is 19.7 Å². The maximum Gasteiger partial charge on any atom is 0.409 e. The highest BCUT2D eigenvalue weighted by molar-refractivity contribution is 5.95. The maximum atomic E-state index is 14.2. The van der Waals surface area contributed by atoms with Crippen molar-refractivity contribution in [2.75, 3.05) is 64.9 Å². The van der Waals surface area contributed by atoms with Crippen LogP contribution in [0.15, 0.2) is 18.2 Å². The van der Waals surface area contributed by atoms with Crippen molar-refractivity contribution in [3.63, 3.8) is 0 Å². The summed E-state index contributed by atoms with van der Waals surface area (Å²) in [5, 5.41) is 0. The Balaban J connectivity index is 0.00000274. The van der Waals surface area contributed by atoms with Crippen LogP contribution in [-0.2, 0) is 10.2 Å². The van der Waals surface area contributed by atoms with Crippen molar-refractivity contribution in [2.24, 2.45) is 11.8 Å². The quantitative estimate of drug-likeness (QED) is 0.686. The molecule has 4 aliphatic rings. The average Bonchev–Trinajstić information content (AvgIpc) is 3.44. The molecular formula is C25H37FN4O3. The molecule has 7 nitrogen and oxygen atoms in total. The molecule has 3 heterocycles. The van der Waals surface area contributed by atoms with Crippen LogP contribution in [0, 0.1) is 17.7 Å². The lowest BCUT2D eigenvalue weighted by Gasteiger charge is -2.40. The summed E-state index contributed by atoms with van der Waals surface area (Å²) in [5.74, 6) is 0.813. The predicted octanol–water partition coefficient (Wildman–Crippen LogP) is 3.78. The van der Waals surface area contributed by atoms with Gasteiger partial charge in [0.25, 0.3) is 0 Å². The van der Waals surface area contributed by atoms with Crippen LogP contribution < -0.4 is 4.90 Å². The number of anilines is 1. The molecule has 5 rings (SSSR count). The fourth-order valence-electron chi connectivity index (χ4n) is 5.72. The fourth-order valence-corrected chi connectivity index (χ4v) is 5.72. The van der Waals surface area contributed by atoms with Crippen LogP contribution in [0.25, 0.3) is 0 Å². The van der Waals surface area contributed by atoms with Gasteiger partial charge in [0, 0.05) is 52.8 Å². The van der Waals surface area contributed by atoms with Gasteiger partial charge in [0.15, 0.2) is 0 Å². The first-order chi connectivity index (χ1) is 15.8. The third kappa shape index (κ3) is 4.54. The lowest BCUT2D eigenvalue weighted by Crippen LogP contribution is -2.48. The molecule has 1 aromatic carbocycles. The van der Waals surface area contributed by atoms with Crippen molar-refractivity contribution in [1.29, 1.82) is 0 Å². The minimum atomic E-state index is -0.241. The van der Waals surface area contributed by atoms with E-state index in [9.17, 15) is 14.0 Å². The van der Waals surface area contributed by atoms with E-state index < -0.39 is 0 Å². The number of benzene rings is 1. The molecule has 3 aliphatic heterocycles. The minimum absolute atomic E-state index is 0. The third-order valence-electron chi connectivity index (χ3n) is 7.91. The Kier molecular flexibility index (Phi) is 5.97. The predicted molar refractivity (Wildman–Crippen MR) is 126 cm³/mol. The zero-order valence-electron chi connectivity index (χ0n) is 19.8. The highest BCUT2D eigenvalue weighted by Crippen LogP contribution is 2.47. The van der Waals surface area contributed by atoms with Gasteiger partial charge in [-0.1, -0.05) is 0 Å². The van der Waals surface area contributed by atoms with E-state index in [0.29, 0.717) is 25.0 Å². The Morgan fingerprint density at radius 3 is 2.61 bits per heavy atom. The number of carbonyl (C=O) groups excluding carboxylic acids is 2. The van der Waals surface area contributed by atoms with Gasteiger partial charge in [0.1, 0.15) is 5.82 Å². The standard InChI is InChI=1S/C25H35FN4O3.H2/c1-27(2)23(31)30-17-25(21-13-20(26)5-6-22(21)30)8-11-28(12-9-25)14-19-7-10-29(15-19)24(32)33-16-18-3-4-18;/h5-6,13,18-19H,3-4,7-12,14-17H2,1-2H3;1H/t19-;/m0./s1. The first-order valence-electron chi connectivity index (χ1n) is 12.3. The van der Waals surface area contributed by atoms with Gasteiger partial charge < -0.3 is 19.4 Å².